The molecule has 36 heavy (non-hydrogen) atoms. The van der Waals surface area contributed by atoms with Gasteiger partial charge >= 0.3 is 0 Å². The third-order valence-electron chi connectivity index (χ3n) is 8.88. The molecule has 4 aliphatic heterocycles. The van der Waals surface area contributed by atoms with Crippen LogP contribution in [0.5, 0.6) is 0 Å². The first-order valence-corrected chi connectivity index (χ1v) is 16.1. The van der Waals surface area contributed by atoms with E-state index >= 15 is 0 Å². The van der Waals surface area contributed by atoms with Gasteiger partial charge in [-0.05, 0) is 141 Å². The topological polar surface area (TPSA) is 39.3 Å². The smallest absolute Gasteiger partial charge is 0.00900 e. The van der Waals surface area contributed by atoms with Crippen LogP contribution in [-0.4, -0.2) is 62.8 Å². The number of hydrogen-bond donors (Lipinski definition) is 3. The summed E-state index contributed by atoms with van der Waals surface area (Å²) in [5.74, 6) is 4.53. The molecule has 0 aromatic heterocycles. The van der Waals surface area contributed by atoms with E-state index in [2.05, 4.69) is 76.2 Å². The van der Waals surface area contributed by atoms with E-state index in [-0.39, 0.29) is 0 Å². The quantitative estimate of drug-likeness (QED) is 0.384. The highest BCUT2D eigenvalue weighted by atomic mass is 15.1. The van der Waals surface area contributed by atoms with E-state index in [4.69, 9.17) is 0 Å². The Morgan fingerprint density at radius 2 is 1.17 bits per heavy atom. The van der Waals surface area contributed by atoms with Gasteiger partial charge in [0, 0.05) is 12.1 Å². The highest BCUT2D eigenvalue weighted by Gasteiger charge is 2.17. The minimum Gasteiger partial charge on any atom is -0.317 e. The van der Waals surface area contributed by atoms with E-state index in [1.54, 1.807) is 0 Å². The number of likely N-dealkylation sites (tertiary alicyclic amines) is 1. The van der Waals surface area contributed by atoms with Crippen molar-refractivity contribution in [2.24, 2.45) is 29.6 Å². The van der Waals surface area contributed by atoms with Gasteiger partial charge in [0.1, 0.15) is 0 Å². The van der Waals surface area contributed by atoms with Crippen molar-refractivity contribution in [1.82, 2.24) is 20.9 Å². The van der Waals surface area contributed by atoms with E-state index < -0.39 is 0 Å². The van der Waals surface area contributed by atoms with Gasteiger partial charge in [0.05, 0.1) is 0 Å². The maximum Gasteiger partial charge on any atom is 0.00900 e. The Bertz CT molecular complexity index is 379. The summed E-state index contributed by atoms with van der Waals surface area (Å²) in [5.41, 5.74) is 0. The highest BCUT2D eigenvalue weighted by molar-refractivity contribution is 4.74. The van der Waals surface area contributed by atoms with Gasteiger partial charge in [0.2, 0.25) is 0 Å². The summed E-state index contributed by atoms with van der Waals surface area (Å²) in [6.45, 7) is 27.3. The fourth-order valence-electron chi connectivity index (χ4n) is 5.84. The molecular weight excluding hydrogens is 440 g/mol. The zero-order chi connectivity index (χ0) is 26.8. The van der Waals surface area contributed by atoms with E-state index in [0.29, 0.717) is 0 Å². The molecule has 4 heterocycles. The summed E-state index contributed by atoms with van der Waals surface area (Å²) < 4.78 is 0. The molecule has 0 aromatic rings. The van der Waals surface area contributed by atoms with Crippen molar-refractivity contribution in [2.45, 2.75) is 132 Å². The maximum absolute atomic E-state index is 3.52. The van der Waals surface area contributed by atoms with Crippen LogP contribution >= 0.6 is 0 Å². The summed E-state index contributed by atoms with van der Waals surface area (Å²) in [5, 5.41) is 10.3. The van der Waals surface area contributed by atoms with Crippen molar-refractivity contribution in [3.05, 3.63) is 0 Å². The van der Waals surface area contributed by atoms with E-state index in [9.17, 15) is 0 Å². The van der Waals surface area contributed by atoms with Crippen LogP contribution in [0.1, 0.15) is 120 Å². The number of nitrogens with one attached hydrogen (secondary N) is 3. The minimum atomic E-state index is 0.769. The lowest BCUT2D eigenvalue weighted by atomic mass is 9.87. The predicted octanol–water partition coefficient (Wildman–Crippen LogP) is 6.95. The summed E-state index contributed by atoms with van der Waals surface area (Å²) in [6, 6.07) is 1.57. The third kappa shape index (κ3) is 15.9. The Balaban J connectivity index is 0.000000240. The SMILES string of the molecule is CC(C)C1CCCCN1.CC(C)C1CCCNC1.CC(C)C1CCNCC1.CC(C)N1CCCCC1. The van der Waals surface area contributed by atoms with Gasteiger partial charge in [-0.1, -0.05) is 54.4 Å². The standard InChI is InChI=1S/4C8H17N/c1-7(2)8-3-5-9-6-4-8;1-7(2)8-4-3-5-9-6-8;1-8(2)9-6-4-3-5-7-9;1-7(2)8-5-3-4-6-9-8/h2*7-9H,3-6H2,1-2H3;8H,3-7H2,1-2H3;7-9H,3-6H2,1-2H3. The van der Waals surface area contributed by atoms with Crippen LogP contribution in [0.25, 0.3) is 0 Å². The zero-order valence-corrected chi connectivity index (χ0v) is 26.0. The normalized spacial score (nSPS) is 26.0. The Morgan fingerprint density at radius 3 is 1.50 bits per heavy atom. The van der Waals surface area contributed by atoms with Gasteiger partial charge in [0.15, 0.2) is 0 Å². The molecular formula is C32H68N4. The third-order valence-corrected chi connectivity index (χ3v) is 8.88. The van der Waals surface area contributed by atoms with Gasteiger partial charge in [0.25, 0.3) is 0 Å². The lowest BCUT2D eigenvalue weighted by Gasteiger charge is -2.29. The van der Waals surface area contributed by atoms with Crippen molar-refractivity contribution in [2.75, 3.05) is 45.8 Å². The molecule has 4 heteroatoms. The maximum atomic E-state index is 3.52. The van der Waals surface area contributed by atoms with Gasteiger partial charge < -0.3 is 20.9 Å². The number of nitrogens with zero attached hydrogens (tertiary/aromatic N) is 1. The van der Waals surface area contributed by atoms with Crippen LogP contribution in [0.2, 0.25) is 0 Å². The molecule has 0 aromatic carbocycles. The average Bonchev–Trinajstić information content (AvgIpc) is 2.92. The molecule has 216 valence electrons. The number of hydrogen-bond acceptors (Lipinski definition) is 4. The zero-order valence-electron chi connectivity index (χ0n) is 26.0. The van der Waals surface area contributed by atoms with Crippen molar-refractivity contribution >= 4 is 0 Å². The summed E-state index contributed by atoms with van der Waals surface area (Å²) in [6.07, 6.45) is 14.1. The van der Waals surface area contributed by atoms with Crippen molar-refractivity contribution in [1.29, 1.82) is 0 Å². The van der Waals surface area contributed by atoms with Crippen LogP contribution in [0.3, 0.4) is 0 Å². The fraction of sp³-hybridized carbons (Fsp3) is 1.00. The average molecular weight is 509 g/mol. The van der Waals surface area contributed by atoms with Crippen molar-refractivity contribution < 1.29 is 0 Å². The second kappa shape index (κ2) is 20.8. The predicted molar refractivity (Wildman–Crippen MR) is 162 cm³/mol. The molecule has 4 rings (SSSR count). The van der Waals surface area contributed by atoms with Crippen LogP contribution in [0, 0.1) is 29.6 Å². The van der Waals surface area contributed by atoms with Crippen LogP contribution in [-0.2, 0) is 0 Å². The van der Waals surface area contributed by atoms with E-state index in [0.717, 1.165) is 41.7 Å². The summed E-state index contributed by atoms with van der Waals surface area (Å²) in [4.78, 5) is 2.56. The molecule has 3 N–H and O–H groups in total. The van der Waals surface area contributed by atoms with Crippen molar-refractivity contribution in [3.8, 4) is 0 Å². The van der Waals surface area contributed by atoms with E-state index in [1.807, 2.05) is 0 Å². The Morgan fingerprint density at radius 1 is 0.528 bits per heavy atom. The molecule has 0 aliphatic carbocycles. The summed E-state index contributed by atoms with van der Waals surface area (Å²) in [7, 11) is 0. The Kier molecular flexibility index (Phi) is 19.5. The molecule has 0 saturated carbocycles. The second-order valence-electron chi connectivity index (χ2n) is 13.2. The second-order valence-corrected chi connectivity index (χ2v) is 13.2. The first-order chi connectivity index (χ1) is 17.2. The molecule has 2 atom stereocenters. The molecule has 4 nitrogen and oxygen atoms in total. The molecule has 4 saturated heterocycles. The molecule has 0 spiro atoms. The van der Waals surface area contributed by atoms with Crippen molar-refractivity contribution in [3.63, 3.8) is 0 Å². The largest absolute Gasteiger partial charge is 0.317 e. The first-order valence-electron chi connectivity index (χ1n) is 16.1. The first kappa shape index (κ1) is 33.9. The number of piperidine rings is 4. The highest BCUT2D eigenvalue weighted by Crippen LogP contribution is 2.20. The molecule has 0 amide bonds. The molecule has 4 fully saturated rings. The van der Waals surface area contributed by atoms with Gasteiger partial charge in [-0.2, -0.15) is 0 Å². The van der Waals surface area contributed by atoms with Crippen LogP contribution < -0.4 is 16.0 Å². The molecule has 2 unspecified atom stereocenters. The summed E-state index contributed by atoms with van der Waals surface area (Å²) >= 11 is 0. The van der Waals surface area contributed by atoms with Crippen LogP contribution in [0.15, 0.2) is 0 Å². The molecule has 0 radical (unpaired) electrons. The Labute approximate surface area is 227 Å². The Hall–Kier alpha value is -0.160. The van der Waals surface area contributed by atoms with Gasteiger partial charge in [-0.25, -0.2) is 0 Å². The minimum absolute atomic E-state index is 0.769. The molecule has 4 aliphatic rings. The monoisotopic (exact) mass is 509 g/mol. The lowest BCUT2D eigenvalue weighted by Crippen LogP contribution is -2.37. The van der Waals surface area contributed by atoms with Crippen LogP contribution in [0.4, 0.5) is 0 Å². The molecule has 0 bridgehead atoms. The fourth-order valence-corrected chi connectivity index (χ4v) is 5.84. The lowest BCUT2D eigenvalue weighted by molar-refractivity contribution is 0.185. The number of rotatable bonds is 4. The van der Waals surface area contributed by atoms with Gasteiger partial charge in [-0.3, -0.25) is 0 Å². The van der Waals surface area contributed by atoms with Gasteiger partial charge in [-0.15, -0.1) is 0 Å². The van der Waals surface area contributed by atoms with E-state index in [1.165, 1.54) is 110 Å².